The molecule has 4 rings (SSSR count). The molecule has 1 aromatic heterocycles. The fourth-order valence-electron chi connectivity index (χ4n) is 3.66. The molecule has 1 aliphatic heterocycles. The Bertz CT molecular complexity index is 982. The molecule has 132 valence electrons. The SMILES string of the molecule is Cn1ncc(C(=O)N2OCC3Cc4cccc(S(C)(=O)=O)c4C32)c1O. The summed E-state index contributed by atoms with van der Waals surface area (Å²) < 4.78 is 25.6. The highest BCUT2D eigenvalue weighted by atomic mass is 32.2. The molecule has 25 heavy (non-hydrogen) atoms. The van der Waals surface area contributed by atoms with Crippen molar-refractivity contribution >= 4 is 15.7 Å². The molecule has 1 N–H and O–H groups in total. The van der Waals surface area contributed by atoms with E-state index in [0.29, 0.717) is 18.6 Å². The first-order valence-electron chi connectivity index (χ1n) is 7.78. The van der Waals surface area contributed by atoms with Gasteiger partial charge in [-0.1, -0.05) is 12.1 Å². The van der Waals surface area contributed by atoms with Gasteiger partial charge in [0.15, 0.2) is 9.84 Å². The Hall–Kier alpha value is -2.39. The van der Waals surface area contributed by atoms with Crippen LogP contribution in [0.4, 0.5) is 0 Å². The monoisotopic (exact) mass is 363 g/mol. The average molecular weight is 363 g/mol. The number of carbonyl (C=O) groups excluding carboxylic acids is 1. The highest BCUT2D eigenvalue weighted by molar-refractivity contribution is 7.90. The van der Waals surface area contributed by atoms with E-state index in [2.05, 4.69) is 5.10 Å². The molecule has 2 aliphatic rings. The maximum Gasteiger partial charge on any atom is 0.285 e. The van der Waals surface area contributed by atoms with Crippen LogP contribution in [0.15, 0.2) is 29.3 Å². The second kappa shape index (κ2) is 5.30. The zero-order valence-electron chi connectivity index (χ0n) is 13.7. The predicted octanol–water partition coefficient (Wildman–Crippen LogP) is 0.830. The minimum atomic E-state index is -3.44. The van der Waals surface area contributed by atoms with Crippen LogP contribution in [-0.4, -0.2) is 47.1 Å². The Kier molecular flexibility index (Phi) is 3.41. The third-order valence-corrected chi connectivity index (χ3v) is 5.95. The molecule has 2 heterocycles. The summed E-state index contributed by atoms with van der Waals surface area (Å²) >= 11 is 0. The molecule has 0 bridgehead atoms. The van der Waals surface area contributed by atoms with E-state index >= 15 is 0 Å². The first-order chi connectivity index (χ1) is 11.8. The van der Waals surface area contributed by atoms with Crippen LogP contribution >= 0.6 is 0 Å². The van der Waals surface area contributed by atoms with Crippen molar-refractivity contribution in [1.29, 1.82) is 0 Å². The van der Waals surface area contributed by atoms with Crippen molar-refractivity contribution in [3.63, 3.8) is 0 Å². The van der Waals surface area contributed by atoms with Crippen LogP contribution in [0.1, 0.15) is 27.5 Å². The second-order valence-corrected chi connectivity index (χ2v) is 8.43. The number of rotatable bonds is 2. The zero-order valence-corrected chi connectivity index (χ0v) is 14.5. The van der Waals surface area contributed by atoms with Gasteiger partial charge in [-0.25, -0.2) is 18.2 Å². The fraction of sp³-hybridized carbons (Fsp3) is 0.375. The molecule has 8 nitrogen and oxygen atoms in total. The number of aromatic nitrogens is 2. The van der Waals surface area contributed by atoms with Gasteiger partial charge < -0.3 is 5.11 Å². The lowest BCUT2D eigenvalue weighted by Gasteiger charge is -2.23. The lowest BCUT2D eigenvalue weighted by Crippen LogP contribution is -2.30. The van der Waals surface area contributed by atoms with Crippen molar-refractivity contribution in [3.05, 3.63) is 41.1 Å². The molecular weight excluding hydrogens is 346 g/mol. The van der Waals surface area contributed by atoms with Gasteiger partial charge in [0.2, 0.25) is 5.88 Å². The van der Waals surface area contributed by atoms with Gasteiger partial charge in [0, 0.05) is 19.2 Å². The molecule has 1 amide bonds. The summed E-state index contributed by atoms with van der Waals surface area (Å²) in [5.41, 5.74) is 1.55. The number of aromatic hydroxyl groups is 1. The minimum absolute atomic E-state index is 0.0133. The van der Waals surface area contributed by atoms with Crippen LogP contribution < -0.4 is 0 Å². The summed E-state index contributed by atoms with van der Waals surface area (Å²) in [6, 6.07) is 4.66. The van der Waals surface area contributed by atoms with Gasteiger partial charge in [-0.15, -0.1) is 0 Å². The maximum absolute atomic E-state index is 12.8. The fourth-order valence-corrected chi connectivity index (χ4v) is 4.63. The van der Waals surface area contributed by atoms with E-state index in [4.69, 9.17) is 4.84 Å². The number of nitrogens with zero attached hydrogens (tertiary/aromatic N) is 3. The smallest absolute Gasteiger partial charge is 0.285 e. The van der Waals surface area contributed by atoms with E-state index in [0.717, 1.165) is 11.8 Å². The van der Waals surface area contributed by atoms with Gasteiger partial charge in [-0.2, -0.15) is 5.10 Å². The van der Waals surface area contributed by atoms with E-state index in [1.165, 1.54) is 23.0 Å². The average Bonchev–Trinajstić information content (AvgIpc) is 3.20. The number of hydrogen-bond acceptors (Lipinski definition) is 6. The molecule has 2 atom stereocenters. The van der Waals surface area contributed by atoms with Gasteiger partial charge in [0.1, 0.15) is 5.56 Å². The Morgan fingerprint density at radius 2 is 2.16 bits per heavy atom. The van der Waals surface area contributed by atoms with Gasteiger partial charge in [0.05, 0.1) is 23.7 Å². The number of aryl methyl sites for hydroxylation is 1. The van der Waals surface area contributed by atoms with E-state index in [1.54, 1.807) is 12.1 Å². The molecular formula is C16H17N3O5S. The van der Waals surface area contributed by atoms with Crippen LogP contribution in [0.25, 0.3) is 0 Å². The largest absolute Gasteiger partial charge is 0.493 e. The number of benzene rings is 1. The molecule has 1 aromatic carbocycles. The molecule has 0 spiro atoms. The van der Waals surface area contributed by atoms with E-state index in [9.17, 15) is 18.3 Å². The van der Waals surface area contributed by atoms with E-state index in [1.807, 2.05) is 6.07 Å². The molecule has 9 heteroatoms. The van der Waals surface area contributed by atoms with Crippen LogP contribution in [0.3, 0.4) is 0 Å². The number of hydrogen-bond donors (Lipinski definition) is 1. The highest BCUT2D eigenvalue weighted by Crippen LogP contribution is 2.48. The Balaban J connectivity index is 1.80. The standard InChI is InChI=1S/C16H17N3O5S/c1-18-15(20)11(7-17-18)16(21)19-14-10(8-24-19)6-9-4-3-5-12(13(9)14)25(2,22)23/h3-5,7,10,14,20H,6,8H2,1-2H3. The summed E-state index contributed by atoms with van der Waals surface area (Å²) in [5.74, 6) is -0.804. The van der Waals surface area contributed by atoms with Crippen molar-refractivity contribution < 1.29 is 23.2 Å². The van der Waals surface area contributed by atoms with Gasteiger partial charge >= 0.3 is 0 Å². The summed E-state index contributed by atoms with van der Waals surface area (Å²) in [6.07, 6.45) is 3.07. The Labute approximate surface area is 144 Å². The first-order valence-corrected chi connectivity index (χ1v) is 9.67. The zero-order chi connectivity index (χ0) is 17.9. The normalized spacial score (nSPS) is 22.1. The van der Waals surface area contributed by atoms with Crippen LogP contribution in [0.5, 0.6) is 5.88 Å². The Morgan fingerprint density at radius 3 is 2.80 bits per heavy atom. The first kappa shape index (κ1) is 16.1. The Morgan fingerprint density at radius 1 is 1.40 bits per heavy atom. The molecule has 1 saturated heterocycles. The van der Waals surface area contributed by atoms with Crippen molar-refractivity contribution in [1.82, 2.24) is 14.8 Å². The minimum Gasteiger partial charge on any atom is -0.493 e. The molecule has 0 saturated carbocycles. The summed E-state index contributed by atoms with van der Waals surface area (Å²) in [7, 11) is -1.92. The lowest BCUT2D eigenvalue weighted by atomic mass is 10.0. The molecule has 0 radical (unpaired) electrons. The molecule has 2 unspecified atom stereocenters. The van der Waals surface area contributed by atoms with Crippen LogP contribution in [0.2, 0.25) is 0 Å². The number of amides is 1. The van der Waals surface area contributed by atoms with Crippen LogP contribution in [-0.2, 0) is 28.1 Å². The van der Waals surface area contributed by atoms with Crippen LogP contribution in [0, 0.1) is 5.92 Å². The predicted molar refractivity (Wildman–Crippen MR) is 86.5 cm³/mol. The third kappa shape index (κ3) is 2.34. The summed E-state index contributed by atoms with van der Waals surface area (Å²) in [4.78, 5) is 18.6. The number of fused-ring (bicyclic) bond motifs is 3. The maximum atomic E-state index is 12.8. The number of hydroxylamine groups is 2. The number of sulfone groups is 1. The van der Waals surface area contributed by atoms with Crippen molar-refractivity contribution in [2.24, 2.45) is 13.0 Å². The van der Waals surface area contributed by atoms with E-state index < -0.39 is 21.8 Å². The second-order valence-electron chi connectivity index (χ2n) is 6.44. The third-order valence-electron chi connectivity index (χ3n) is 4.80. The van der Waals surface area contributed by atoms with Crippen molar-refractivity contribution in [3.8, 4) is 5.88 Å². The van der Waals surface area contributed by atoms with E-state index in [-0.39, 0.29) is 22.3 Å². The van der Waals surface area contributed by atoms with Gasteiger partial charge in [0.25, 0.3) is 5.91 Å². The highest BCUT2D eigenvalue weighted by Gasteiger charge is 2.47. The van der Waals surface area contributed by atoms with Crippen molar-refractivity contribution in [2.45, 2.75) is 17.4 Å². The summed E-state index contributed by atoms with van der Waals surface area (Å²) in [6.45, 7) is 0.315. The molecule has 1 fully saturated rings. The summed E-state index contributed by atoms with van der Waals surface area (Å²) in [5, 5.41) is 15.0. The number of carbonyl (C=O) groups is 1. The van der Waals surface area contributed by atoms with Gasteiger partial charge in [-0.05, 0) is 23.6 Å². The lowest BCUT2D eigenvalue weighted by molar-refractivity contribution is -0.0971. The quantitative estimate of drug-likeness (QED) is 0.848. The van der Waals surface area contributed by atoms with Gasteiger partial charge in [-0.3, -0.25) is 9.63 Å². The molecule has 2 aromatic rings. The molecule has 1 aliphatic carbocycles. The van der Waals surface area contributed by atoms with Crippen molar-refractivity contribution in [2.75, 3.05) is 12.9 Å². The topological polar surface area (TPSA) is 102 Å².